The molecule has 0 aromatic carbocycles. The number of hydrogen-bond acceptors (Lipinski definition) is 4. The van der Waals surface area contributed by atoms with Crippen LogP contribution in [0.25, 0.3) is 5.65 Å². The maximum atomic E-state index is 5.17. The Morgan fingerprint density at radius 3 is 2.79 bits per heavy atom. The van der Waals surface area contributed by atoms with Crippen molar-refractivity contribution in [1.82, 2.24) is 14.6 Å². The summed E-state index contributed by atoms with van der Waals surface area (Å²) in [5, 5.41) is 7.99. The summed E-state index contributed by atoms with van der Waals surface area (Å²) in [6.07, 6.45) is 0.910. The predicted octanol–water partition coefficient (Wildman–Crippen LogP) is 2.36. The second-order valence-corrected chi connectivity index (χ2v) is 4.93. The molecule has 1 N–H and O–H groups in total. The predicted molar refractivity (Wildman–Crippen MR) is 76.8 cm³/mol. The summed E-state index contributed by atoms with van der Waals surface area (Å²) in [6.45, 7) is 8.93. The fraction of sp³-hybridized carbons (Fsp3) is 0.571. The Labute approximate surface area is 114 Å². The molecule has 0 aliphatic rings. The minimum absolute atomic E-state index is 0.227. The molecular formula is C14H22N4O. The standard InChI is InChI=1S/C14H22N4O/c1-6-12-7-13(15-9(2)8-19-5)18-14(16-12)10(3)11(4)17-18/h7,9,15H,6,8H2,1-5H3/t9-/m0/s1. The molecule has 0 aliphatic carbocycles. The lowest BCUT2D eigenvalue weighted by molar-refractivity contribution is 0.190. The van der Waals surface area contributed by atoms with Crippen LogP contribution in [0.4, 0.5) is 5.82 Å². The summed E-state index contributed by atoms with van der Waals surface area (Å²) in [6, 6.07) is 2.29. The summed E-state index contributed by atoms with van der Waals surface area (Å²) in [5.74, 6) is 0.975. The summed E-state index contributed by atoms with van der Waals surface area (Å²) in [5.41, 5.74) is 4.16. The van der Waals surface area contributed by atoms with Crippen molar-refractivity contribution in [2.75, 3.05) is 19.0 Å². The smallest absolute Gasteiger partial charge is 0.160 e. The first-order chi connectivity index (χ1) is 9.06. The topological polar surface area (TPSA) is 51.5 Å². The van der Waals surface area contributed by atoms with Gasteiger partial charge in [-0.2, -0.15) is 9.61 Å². The van der Waals surface area contributed by atoms with E-state index < -0.39 is 0 Å². The Morgan fingerprint density at radius 1 is 1.42 bits per heavy atom. The summed E-state index contributed by atoms with van der Waals surface area (Å²) < 4.78 is 7.05. The minimum atomic E-state index is 0.227. The van der Waals surface area contributed by atoms with E-state index in [1.165, 1.54) is 0 Å². The molecular weight excluding hydrogens is 240 g/mol. The van der Waals surface area contributed by atoms with E-state index in [0.717, 1.165) is 34.8 Å². The molecule has 0 radical (unpaired) electrons. The van der Waals surface area contributed by atoms with Crippen LogP contribution in [0.1, 0.15) is 30.8 Å². The quantitative estimate of drug-likeness (QED) is 0.898. The van der Waals surface area contributed by atoms with Crippen LogP contribution in [-0.4, -0.2) is 34.4 Å². The van der Waals surface area contributed by atoms with Crippen LogP contribution in [0.3, 0.4) is 0 Å². The number of hydrogen-bond donors (Lipinski definition) is 1. The maximum Gasteiger partial charge on any atom is 0.160 e. The second-order valence-electron chi connectivity index (χ2n) is 4.93. The van der Waals surface area contributed by atoms with E-state index in [4.69, 9.17) is 4.74 Å². The van der Waals surface area contributed by atoms with E-state index in [1.807, 2.05) is 11.4 Å². The van der Waals surface area contributed by atoms with Gasteiger partial charge in [0.1, 0.15) is 5.82 Å². The van der Waals surface area contributed by atoms with Crippen molar-refractivity contribution in [1.29, 1.82) is 0 Å². The molecule has 2 rings (SSSR count). The highest BCUT2D eigenvalue weighted by atomic mass is 16.5. The fourth-order valence-electron chi connectivity index (χ4n) is 2.11. The van der Waals surface area contributed by atoms with Crippen molar-refractivity contribution in [2.24, 2.45) is 0 Å². The van der Waals surface area contributed by atoms with Crippen LogP contribution in [-0.2, 0) is 11.2 Å². The number of anilines is 1. The Kier molecular flexibility index (Phi) is 4.04. The van der Waals surface area contributed by atoms with Gasteiger partial charge in [-0.05, 0) is 27.2 Å². The maximum absolute atomic E-state index is 5.17. The molecule has 0 spiro atoms. The Bertz CT molecular complexity index is 576. The average Bonchev–Trinajstić information content (AvgIpc) is 2.66. The van der Waals surface area contributed by atoms with Crippen molar-refractivity contribution >= 4 is 11.5 Å². The number of rotatable bonds is 5. The average molecular weight is 262 g/mol. The van der Waals surface area contributed by atoms with Gasteiger partial charge in [-0.15, -0.1) is 0 Å². The third-order valence-corrected chi connectivity index (χ3v) is 3.28. The monoisotopic (exact) mass is 262 g/mol. The van der Waals surface area contributed by atoms with Crippen LogP contribution in [0.5, 0.6) is 0 Å². The van der Waals surface area contributed by atoms with Crippen LogP contribution in [0.2, 0.25) is 0 Å². The second kappa shape index (κ2) is 5.57. The molecule has 5 nitrogen and oxygen atoms in total. The first-order valence-corrected chi connectivity index (χ1v) is 6.68. The van der Waals surface area contributed by atoms with Crippen LogP contribution in [0.15, 0.2) is 6.07 Å². The van der Waals surface area contributed by atoms with Crippen molar-refractivity contribution in [2.45, 2.75) is 40.2 Å². The van der Waals surface area contributed by atoms with Gasteiger partial charge in [0.15, 0.2) is 5.65 Å². The zero-order chi connectivity index (χ0) is 14.0. The Hall–Kier alpha value is -1.62. The van der Waals surface area contributed by atoms with Gasteiger partial charge in [0.05, 0.1) is 12.3 Å². The number of ether oxygens (including phenoxy) is 1. The molecule has 0 saturated carbocycles. The van der Waals surface area contributed by atoms with E-state index in [-0.39, 0.29) is 6.04 Å². The number of methoxy groups -OCH3 is 1. The van der Waals surface area contributed by atoms with Gasteiger partial charge in [-0.1, -0.05) is 6.92 Å². The normalized spacial score (nSPS) is 12.9. The zero-order valence-electron chi connectivity index (χ0n) is 12.3. The first-order valence-electron chi connectivity index (χ1n) is 6.68. The van der Waals surface area contributed by atoms with Gasteiger partial charge in [0, 0.05) is 30.5 Å². The highest BCUT2D eigenvalue weighted by Crippen LogP contribution is 2.19. The number of nitrogens with zero attached hydrogens (tertiary/aromatic N) is 3. The molecule has 0 aliphatic heterocycles. The van der Waals surface area contributed by atoms with Crippen molar-refractivity contribution in [3.8, 4) is 0 Å². The fourth-order valence-corrected chi connectivity index (χ4v) is 2.11. The first kappa shape index (κ1) is 13.8. The molecule has 2 heterocycles. The Morgan fingerprint density at radius 2 is 2.16 bits per heavy atom. The Balaban J connectivity index is 2.48. The van der Waals surface area contributed by atoms with Crippen molar-refractivity contribution < 1.29 is 4.74 Å². The SMILES string of the molecule is CCc1cc(N[C@@H](C)COC)n2nc(C)c(C)c2n1. The summed E-state index contributed by atoms with van der Waals surface area (Å²) >= 11 is 0. The van der Waals surface area contributed by atoms with Gasteiger partial charge in [0.2, 0.25) is 0 Å². The number of aryl methyl sites for hydroxylation is 3. The van der Waals surface area contributed by atoms with Gasteiger partial charge in [0.25, 0.3) is 0 Å². The molecule has 19 heavy (non-hydrogen) atoms. The molecule has 0 fully saturated rings. The van der Waals surface area contributed by atoms with E-state index in [9.17, 15) is 0 Å². The number of aromatic nitrogens is 3. The summed E-state index contributed by atoms with van der Waals surface area (Å²) in [4.78, 5) is 4.66. The van der Waals surface area contributed by atoms with Crippen molar-refractivity contribution in [3.63, 3.8) is 0 Å². The highest BCUT2D eigenvalue weighted by Gasteiger charge is 2.13. The molecule has 1 atom stereocenters. The molecule has 2 aromatic rings. The van der Waals surface area contributed by atoms with E-state index in [1.54, 1.807) is 7.11 Å². The molecule has 5 heteroatoms. The molecule has 0 bridgehead atoms. The van der Waals surface area contributed by atoms with E-state index >= 15 is 0 Å². The van der Waals surface area contributed by atoms with Gasteiger partial charge < -0.3 is 10.1 Å². The van der Waals surface area contributed by atoms with Crippen LogP contribution in [0, 0.1) is 13.8 Å². The third kappa shape index (κ3) is 2.71. The lowest BCUT2D eigenvalue weighted by Crippen LogP contribution is -2.22. The van der Waals surface area contributed by atoms with Crippen molar-refractivity contribution in [3.05, 3.63) is 23.0 Å². The van der Waals surface area contributed by atoms with E-state index in [2.05, 4.69) is 42.2 Å². The molecule has 0 unspecified atom stereocenters. The molecule has 0 amide bonds. The number of nitrogens with one attached hydrogen (secondary N) is 1. The van der Waals surface area contributed by atoms with E-state index in [0.29, 0.717) is 6.61 Å². The van der Waals surface area contributed by atoms with Gasteiger partial charge in [-0.3, -0.25) is 0 Å². The molecule has 2 aromatic heterocycles. The third-order valence-electron chi connectivity index (χ3n) is 3.28. The largest absolute Gasteiger partial charge is 0.383 e. The zero-order valence-corrected chi connectivity index (χ0v) is 12.3. The van der Waals surface area contributed by atoms with Gasteiger partial charge >= 0.3 is 0 Å². The number of fused-ring (bicyclic) bond motifs is 1. The van der Waals surface area contributed by atoms with Crippen LogP contribution >= 0.6 is 0 Å². The highest BCUT2D eigenvalue weighted by molar-refractivity contribution is 5.56. The molecule has 104 valence electrons. The molecule has 0 saturated heterocycles. The minimum Gasteiger partial charge on any atom is -0.383 e. The van der Waals surface area contributed by atoms with Gasteiger partial charge in [-0.25, -0.2) is 4.98 Å². The summed E-state index contributed by atoms with van der Waals surface area (Å²) in [7, 11) is 1.71. The lowest BCUT2D eigenvalue weighted by atomic mass is 10.2. The van der Waals surface area contributed by atoms with Crippen LogP contribution < -0.4 is 5.32 Å². The lowest BCUT2D eigenvalue weighted by Gasteiger charge is -2.15.